The largest absolute Gasteiger partial charge is 0.493 e. The zero-order valence-corrected chi connectivity index (χ0v) is 29.8. The van der Waals surface area contributed by atoms with Gasteiger partial charge in [-0.2, -0.15) is 10.2 Å². The molecule has 6 rings (SSSR count). The first-order valence-electron chi connectivity index (χ1n) is 15.9. The highest BCUT2D eigenvalue weighted by atomic mass is 35.5. The molecule has 256 valence electrons. The van der Waals surface area contributed by atoms with Gasteiger partial charge in [0.2, 0.25) is 0 Å². The number of ether oxygens (including phenoxy) is 1. The third-order valence-corrected chi connectivity index (χ3v) is 10.8. The molecule has 1 aliphatic rings. The molecule has 8 bridgehead atoms. The van der Waals surface area contributed by atoms with E-state index in [2.05, 4.69) is 11.2 Å². The van der Waals surface area contributed by atoms with Crippen molar-refractivity contribution >= 4 is 75.1 Å². The van der Waals surface area contributed by atoms with Crippen molar-refractivity contribution in [3.05, 3.63) is 93.3 Å². The number of fused-ring (bicyclic) bond motifs is 6. The molecule has 5 aromatic rings. The molecular formula is C36H37ClFN5O4S2. The third kappa shape index (κ3) is 7.47. The zero-order chi connectivity index (χ0) is 34.7. The van der Waals surface area contributed by atoms with Crippen LogP contribution in [0.25, 0.3) is 27.8 Å². The van der Waals surface area contributed by atoms with E-state index in [0.717, 1.165) is 38.1 Å². The second-order valence-electron chi connectivity index (χ2n) is 11.7. The number of aliphatic hydroxyl groups is 1. The van der Waals surface area contributed by atoms with E-state index in [9.17, 15) is 19.4 Å². The van der Waals surface area contributed by atoms with E-state index in [0.29, 0.717) is 64.1 Å². The van der Waals surface area contributed by atoms with Crippen molar-refractivity contribution in [3.8, 4) is 5.75 Å². The predicted molar refractivity (Wildman–Crippen MR) is 197 cm³/mol. The number of hydrogen-bond donors (Lipinski definition) is 2. The molecule has 0 saturated heterocycles. The van der Waals surface area contributed by atoms with Crippen molar-refractivity contribution in [2.45, 2.75) is 36.2 Å². The predicted octanol–water partition coefficient (Wildman–Crippen LogP) is 7.75. The molecule has 2 aromatic heterocycles. The Morgan fingerprint density at radius 1 is 1.14 bits per heavy atom. The highest BCUT2D eigenvalue weighted by Crippen LogP contribution is 2.37. The van der Waals surface area contributed by atoms with Crippen LogP contribution in [0.5, 0.6) is 5.75 Å². The Balaban J connectivity index is 1.47. The number of hydrazone groups is 1. The molecule has 49 heavy (non-hydrogen) atoms. The van der Waals surface area contributed by atoms with Gasteiger partial charge >= 0.3 is 5.97 Å². The average molecular weight is 722 g/mol. The molecule has 0 fully saturated rings. The molecule has 0 spiro atoms. The van der Waals surface area contributed by atoms with Crippen molar-refractivity contribution in [2.75, 3.05) is 25.5 Å². The van der Waals surface area contributed by atoms with Gasteiger partial charge in [-0.15, -0.1) is 23.5 Å². The van der Waals surface area contributed by atoms with E-state index in [1.165, 1.54) is 12.1 Å². The highest BCUT2D eigenvalue weighted by molar-refractivity contribution is 7.98. The summed E-state index contributed by atoms with van der Waals surface area (Å²) in [6.07, 6.45) is 4.61. The van der Waals surface area contributed by atoms with Crippen LogP contribution in [-0.4, -0.2) is 67.3 Å². The van der Waals surface area contributed by atoms with E-state index in [1.807, 2.05) is 42.9 Å². The fourth-order valence-corrected chi connectivity index (χ4v) is 8.35. The Morgan fingerprint density at radius 3 is 2.73 bits per heavy atom. The van der Waals surface area contributed by atoms with Crippen molar-refractivity contribution in [2.24, 2.45) is 19.2 Å². The summed E-state index contributed by atoms with van der Waals surface area (Å²) >= 11 is 10.1. The van der Waals surface area contributed by atoms with Gasteiger partial charge in [0.1, 0.15) is 17.3 Å². The van der Waals surface area contributed by atoms with E-state index in [1.54, 1.807) is 58.5 Å². The summed E-state index contributed by atoms with van der Waals surface area (Å²) in [5.41, 5.74) is 5.04. The van der Waals surface area contributed by atoms with Crippen LogP contribution in [-0.2, 0) is 32.0 Å². The molecule has 13 heteroatoms. The molecule has 0 atom stereocenters. The second-order valence-corrected chi connectivity index (χ2v) is 14.1. The maximum Gasteiger partial charge on any atom is 0.352 e. The minimum Gasteiger partial charge on any atom is -0.493 e. The highest BCUT2D eigenvalue weighted by Gasteiger charge is 2.24. The molecule has 0 amide bonds. The summed E-state index contributed by atoms with van der Waals surface area (Å²) in [6, 6.07) is 14.4. The van der Waals surface area contributed by atoms with Gasteiger partial charge in [-0.1, -0.05) is 17.7 Å². The number of aryl methyl sites for hydroxylation is 3. The lowest BCUT2D eigenvalue weighted by Gasteiger charge is -2.22. The number of carbonyl (C=O) groups is 1. The smallest absolute Gasteiger partial charge is 0.352 e. The number of aromatic carboxylic acids is 1. The van der Waals surface area contributed by atoms with Gasteiger partial charge in [0.15, 0.2) is 0 Å². The summed E-state index contributed by atoms with van der Waals surface area (Å²) in [4.78, 5) is 13.6. The number of rotatable bonds is 5. The van der Waals surface area contributed by atoms with Crippen LogP contribution in [0, 0.1) is 5.82 Å². The number of carboxylic acid groups (broad SMARTS) is 1. The number of aliphatic hydroxyl groups excluding tert-OH is 1. The van der Waals surface area contributed by atoms with Gasteiger partial charge in [-0.25, -0.2) is 9.18 Å². The first kappa shape index (κ1) is 34.9. The molecule has 3 heterocycles. The van der Waals surface area contributed by atoms with E-state index in [4.69, 9.17) is 21.4 Å². The summed E-state index contributed by atoms with van der Waals surface area (Å²) in [6.45, 7) is 2.31. The third-order valence-electron chi connectivity index (χ3n) is 8.45. The second kappa shape index (κ2) is 15.3. The minimum atomic E-state index is -1.03. The number of halogens is 2. The van der Waals surface area contributed by atoms with Crippen LogP contribution >= 0.6 is 35.1 Å². The molecule has 1 aliphatic heterocycles. The average Bonchev–Trinajstić information content (AvgIpc) is 3.57. The number of carboxylic acids is 1. The quantitative estimate of drug-likeness (QED) is 0.140. The Bertz CT molecular complexity index is 2090. The SMILES string of the molecule is C/C=N/N(CCO)/C1=C/c2c(Cl)ccc3c(c(C(=O)O)n(C)c23)CCCOc2cc(cc3cc(F)ccc23)SCc2cc(nn2C)CSC1. The van der Waals surface area contributed by atoms with Gasteiger partial charge in [0, 0.05) is 75.2 Å². The van der Waals surface area contributed by atoms with Gasteiger partial charge in [0.25, 0.3) is 0 Å². The molecule has 3 aromatic carbocycles. The number of benzene rings is 3. The van der Waals surface area contributed by atoms with Gasteiger partial charge in [-0.3, -0.25) is 9.69 Å². The van der Waals surface area contributed by atoms with Crippen molar-refractivity contribution < 1.29 is 24.1 Å². The van der Waals surface area contributed by atoms with Crippen molar-refractivity contribution in [1.29, 1.82) is 0 Å². The maximum atomic E-state index is 14.3. The van der Waals surface area contributed by atoms with E-state index >= 15 is 0 Å². The number of nitrogens with zero attached hydrogens (tertiary/aromatic N) is 5. The molecule has 2 N–H and O–H groups in total. The monoisotopic (exact) mass is 721 g/mol. The van der Waals surface area contributed by atoms with Gasteiger partial charge in [0.05, 0.1) is 31.0 Å². The lowest BCUT2D eigenvalue weighted by Crippen LogP contribution is -2.22. The number of aromatic nitrogens is 3. The van der Waals surface area contributed by atoms with Gasteiger partial charge < -0.3 is 19.5 Å². The minimum absolute atomic E-state index is 0.106. The Hall–Kier alpha value is -3.97. The summed E-state index contributed by atoms with van der Waals surface area (Å²) in [5, 5.41) is 34.1. The lowest BCUT2D eigenvalue weighted by atomic mass is 10.0. The van der Waals surface area contributed by atoms with Crippen LogP contribution in [0.4, 0.5) is 4.39 Å². The fourth-order valence-electron chi connectivity index (χ4n) is 6.27. The standard InChI is InChI=1S/C36H37ClFN5O4S2/c1-4-39-43(11-12-44)26-17-31-32(37)10-9-30-29(35(36(45)46)41(2)34(30)31)6-5-13-47-33-18-27(15-22-14-23(38)7-8-28(22)33)49-21-25-16-24(19-48-20-26)40-42(25)3/h4,7-10,14-18,44H,5-6,11-13,19-21H2,1-3H3,(H,45,46)/b26-17+,39-4+. The zero-order valence-electron chi connectivity index (χ0n) is 27.4. The number of thioether (sulfide) groups is 2. The summed E-state index contributed by atoms with van der Waals surface area (Å²) in [7, 11) is 3.68. The first-order valence-corrected chi connectivity index (χ1v) is 18.4. The molecule has 0 radical (unpaired) electrons. The van der Waals surface area contributed by atoms with Crippen LogP contribution in [0.1, 0.15) is 46.3 Å². The number of hydrogen-bond acceptors (Lipinski definition) is 8. The fraction of sp³-hybridized carbons (Fsp3) is 0.306. The van der Waals surface area contributed by atoms with Crippen molar-refractivity contribution in [1.82, 2.24) is 19.4 Å². The van der Waals surface area contributed by atoms with E-state index in [-0.39, 0.29) is 24.7 Å². The first-order chi connectivity index (χ1) is 23.7. The molecule has 0 aliphatic carbocycles. The molecule has 0 unspecified atom stereocenters. The van der Waals surface area contributed by atoms with E-state index < -0.39 is 5.97 Å². The molecule has 9 nitrogen and oxygen atoms in total. The van der Waals surface area contributed by atoms with Crippen molar-refractivity contribution in [3.63, 3.8) is 0 Å². The Kier molecular flexibility index (Phi) is 10.9. The Labute approximate surface area is 297 Å². The van der Waals surface area contributed by atoms with Crippen LogP contribution in [0.2, 0.25) is 5.02 Å². The maximum absolute atomic E-state index is 14.3. The van der Waals surface area contributed by atoms with Crippen LogP contribution in [0.3, 0.4) is 0 Å². The van der Waals surface area contributed by atoms with Crippen LogP contribution < -0.4 is 4.74 Å². The lowest BCUT2D eigenvalue weighted by molar-refractivity contribution is 0.0685. The normalized spacial score (nSPS) is 15.7. The molecular weight excluding hydrogens is 685 g/mol. The van der Waals surface area contributed by atoms with Gasteiger partial charge in [-0.05, 0) is 79.3 Å². The van der Waals surface area contributed by atoms with Crippen LogP contribution in [0.15, 0.2) is 64.2 Å². The topological polar surface area (TPSA) is 105 Å². The molecule has 0 saturated carbocycles. The Morgan fingerprint density at radius 2 is 1.96 bits per heavy atom. The summed E-state index contributed by atoms with van der Waals surface area (Å²) < 4.78 is 24.2. The summed E-state index contributed by atoms with van der Waals surface area (Å²) in [5.74, 6) is 1.12.